The van der Waals surface area contributed by atoms with Crippen molar-refractivity contribution in [2.45, 2.75) is 33.7 Å². The number of aryl methyl sites for hydroxylation is 1. The number of carbonyl (C=O) groups is 1. The van der Waals surface area contributed by atoms with Gasteiger partial charge in [-0.3, -0.25) is 4.79 Å². The summed E-state index contributed by atoms with van der Waals surface area (Å²) in [5, 5.41) is 2.93. The van der Waals surface area contributed by atoms with Crippen LogP contribution in [0.15, 0.2) is 24.3 Å². The first-order valence-corrected chi connectivity index (χ1v) is 5.46. The lowest BCUT2D eigenvalue weighted by Crippen LogP contribution is -2.28. The molecule has 0 heterocycles. The molecule has 1 rings (SSSR count). The van der Waals surface area contributed by atoms with Crippen LogP contribution in [0.2, 0.25) is 0 Å². The Morgan fingerprint density at radius 1 is 1.33 bits per heavy atom. The fraction of sp³-hybridized carbons (Fsp3) is 0.462. The lowest BCUT2D eigenvalue weighted by molar-refractivity contribution is -0.124. The van der Waals surface area contributed by atoms with Gasteiger partial charge in [-0.2, -0.15) is 0 Å². The van der Waals surface area contributed by atoms with Gasteiger partial charge in [0, 0.05) is 12.5 Å². The van der Waals surface area contributed by atoms with Gasteiger partial charge in [0.25, 0.3) is 0 Å². The predicted octanol–water partition coefficient (Wildman–Crippen LogP) is 2.66. The summed E-state index contributed by atoms with van der Waals surface area (Å²) >= 11 is 0. The number of benzene rings is 1. The predicted molar refractivity (Wildman–Crippen MR) is 62.5 cm³/mol. The van der Waals surface area contributed by atoms with E-state index in [-0.39, 0.29) is 11.8 Å². The monoisotopic (exact) mass is 205 g/mol. The Morgan fingerprint density at radius 3 is 2.47 bits per heavy atom. The Bertz CT molecular complexity index is 316. The van der Waals surface area contributed by atoms with Crippen LogP contribution in [-0.4, -0.2) is 5.91 Å². The topological polar surface area (TPSA) is 29.1 Å². The first-order chi connectivity index (χ1) is 7.13. The van der Waals surface area contributed by atoms with Gasteiger partial charge >= 0.3 is 0 Å². The van der Waals surface area contributed by atoms with Crippen molar-refractivity contribution in [2.24, 2.45) is 5.92 Å². The first-order valence-electron chi connectivity index (χ1n) is 5.46. The molecule has 1 aromatic rings. The zero-order valence-corrected chi connectivity index (χ0v) is 9.71. The van der Waals surface area contributed by atoms with Crippen LogP contribution in [0.3, 0.4) is 0 Å². The Balaban J connectivity index is 2.43. The van der Waals surface area contributed by atoms with E-state index in [0.717, 1.165) is 12.0 Å². The molecule has 2 nitrogen and oxygen atoms in total. The molecule has 2 heteroatoms. The highest BCUT2D eigenvalue weighted by Gasteiger charge is 2.08. The van der Waals surface area contributed by atoms with Crippen molar-refractivity contribution in [3.05, 3.63) is 35.4 Å². The highest BCUT2D eigenvalue weighted by Crippen LogP contribution is 2.04. The summed E-state index contributed by atoms with van der Waals surface area (Å²) in [5.74, 6) is 0.244. The highest BCUT2D eigenvalue weighted by molar-refractivity contribution is 5.78. The molecule has 1 aromatic carbocycles. The summed E-state index contributed by atoms with van der Waals surface area (Å²) in [7, 11) is 0. The second-order valence-corrected chi connectivity index (χ2v) is 4.01. The van der Waals surface area contributed by atoms with Crippen molar-refractivity contribution >= 4 is 5.91 Å². The number of rotatable bonds is 4. The van der Waals surface area contributed by atoms with Crippen LogP contribution in [0.1, 0.15) is 31.4 Å². The van der Waals surface area contributed by atoms with E-state index in [0.29, 0.717) is 6.54 Å². The van der Waals surface area contributed by atoms with Gasteiger partial charge in [-0.15, -0.1) is 0 Å². The summed E-state index contributed by atoms with van der Waals surface area (Å²) in [6, 6.07) is 8.22. The van der Waals surface area contributed by atoms with Crippen LogP contribution in [0.4, 0.5) is 0 Å². The summed E-state index contributed by atoms with van der Waals surface area (Å²) in [4.78, 5) is 11.5. The molecule has 0 saturated carbocycles. The lowest BCUT2D eigenvalue weighted by Gasteiger charge is -2.09. The maximum atomic E-state index is 11.5. The van der Waals surface area contributed by atoms with E-state index in [1.165, 1.54) is 5.56 Å². The second kappa shape index (κ2) is 5.54. The Labute approximate surface area is 91.7 Å². The van der Waals surface area contributed by atoms with Crippen LogP contribution in [-0.2, 0) is 11.3 Å². The molecule has 0 aliphatic rings. The molecular formula is C13H19NO. The van der Waals surface area contributed by atoms with Crippen LogP contribution < -0.4 is 5.32 Å². The molecular weight excluding hydrogens is 186 g/mol. The smallest absolute Gasteiger partial charge is 0.223 e. The zero-order valence-electron chi connectivity index (χ0n) is 9.71. The average molecular weight is 205 g/mol. The minimum absolute atomic E-state index is 0.107. The minimum atomic E-state index is 0.107. The number of carbonyl (C=O) groups excluding carboxylic acids is 1. The fourth-order valence-corrected chi connectivity index (χ4v) is 1.25. The van der Waals surface area contributed by atoms with Gasteiger partial charge in [-0.1, -0.05) is 43.7 Å². The highest BCUT2D eigenvalue weighted by atomic mass is 16.1. The maximum Gasteiger partial charge on any atom is 0.223 e. The van der Waals surface area contributed by atoms with Gasteiger partial charge in [0.2, 0.25) is 5.91 Å². The van der Waals surface area contributed by atoms with Crippen LogP contribution in [0.5, 0.6) is 0 Å². The summed E-state index contributed by atoms with van der Waals surface area (Å²) in [6.07, 6.45) is 0.889. The normalized spacial score (nSPS) is 12.2. The number of amides is 1. The standard InChI is InChI=1S/C13H19NO/c1-4-11(3)13(15)14-9-12-7-5-10(2)6-8-12/h5-8,11H,4,9H2,1-3H3,(H,14,15)/t11-/m1/s1. The third-order valence-corrected chi connectivity index (χ3v) is 2.65. The van der Waals surface area contributed by atoms with Gasteiger partial charge in [-0.25, -0.2) is 0 Å². The number of hydrogen-bond acceptors (Lipinski definition) is 1. The Hall–Kier alpha value is -1.31. The van der Waals surface area contributed by atoms with Crippen LogP contribution >= 0.6 is 0 Å². The van der Waals surface area contributed by atoms with E-state index >= 15 is 0 Å². The van der Waals surface area contributed by atoms with Gasteiger partial charge in [0.05, 0.1) is 0 Å². The average Bonchev–Trinajstić information content (AvgIpc) is 2.26. The van der Waals surface area contributed by atoms with Crippen molar-refractivity contribution in [3.63, 3.8) is 0 Å². The molecule has 82 valence electrons. The molecule has 0 aliphatic carbocycles. The van der Waals surface area contributed by atoms with E-state index in [4.69, 9.17) is 0 Å². The molecule has 0 spiro atoms. The molecule has 0 fully saturated rings. The van der Waals surface area contributed by atoms with Crippen molar-refractivity contribution in [1.29, 1.82) is 0 Å². The molecule has 0 aromatic heterocycles. The number of nitrogens with one attached hydrogen (secondary N) is 1. The third kappa shape index (κ3) is 3.74. The van der Waals surface area contributed by atoms with E-state index in [9.17, 15) is 4.79 Å². The molecule has 1 amide bonds. The number of hydrogen-bond donors (Lipinski definition) is 1. The Kier molecular flexibility index (Phi) is 4.35. The summed E-state index contributed by atoms with van der Waals surface area (Å²) in [6.45, 7) is 6.66. The lowest BCUT2D eigenvalue weighted by atomic mass is 10.1. The second-order valence-electron chi connectivity index (χ2n) is 4.01. The van der Waals surface area contributed by atoms with Gasteiger partial charge in [0.15, 0.2) is 0 Å². The molecule has 15 heavy (non-hydrogen) atoms. The van der Waals surface area contributed by atoms with Crippen molar-refractivity contribution in [3.8, 4) is 0 Å². The first kappa shape index (κ1) is 11.8. The van der Waals surface area contributed by atoms with Crippen molar-refractivity contribution in [1.82, 2.24) is 5.32 Å². The molecule has 0 saturated heterocycles. The van der Waals surface area contributed by atoms with Crippen LogP contribution in [0.25, 0.3) is 0 Å². The summed E-state index contributed by atoms with van der Waals surface area (Å²) in [5.41, 5.74) is 2.39. The molecule has 1 atom stereocenters. The van der Waals surface area contributed by atoms with E-state index in [1.807, 2.05) is 26.0 Å². The molecule has 0 aliphatic heterocycles. The zero-order chi connectivity index (χ0) is 11.3. The van der Waals surface area contributed by atoms with E-state index in [1.54, 1.807) is 0 Å². The van der Waals surface area contributed by atoms with Gasteiger partial charge in [-0.05, 0) is 18.9 Å². The van der Waals surface area contributed by atoms with Gasteiger partial charge < -0.3 is 5.32 Å². The van der Waals surface area contributed by atoms with Crippen molar-refractivity contribution in [2.75, 3.05) is 0 Å². The Morgan fingerprint density at radius 2 is 1.93 bits per heavy atom. The molecule has 1 N–H and O–H groups in total. The van der Waals surface area contributed by atoms with E-state index in [2.05, 4.69) is 24.4 Å². The maximum absolute atomic E-state index is 11.5. The minimum Gasteiger partial charge on any atom is -0.352 e. The van der Waals surface area contributed by atoms with Crippen LogP contribution in [0, 0.1) is 12.8 Å². The third-order valence-electron chi connectivity index (χ3n) is 2.65. The fourth-order valence-electron chi connectivity index (χ4n) is 1.25. The quantitative estimate of drug-likeness (QED) is 0.804. The van der Waals surface area contributed by atoms with Gasteiger partial charge in [0.1, 0.15) is 0 Å². The molecule has 0 unspecified atom stereocenters. The molecule has 0 bridgehead atoms. The summed E-state index contributed by atoms with van der Waals surface area (Å²) < 4.78 is 0. The van der Waals surface area contributed by atoms with Crippen molar-refractivity contribution < 1.29 is 4.79 Å². The molecule has 0 radical (unpaired) electrons. The largest absolute Gasteiger partial charge is 0.352 e. The SMILES string of the molecule is CC[C@@H](C)C(=O)NCc1ccc(C)cc1. The van der Waals surface area contributed by atoms with E-state index < -0.39 is 0 Å².